The molecule has 1 N–H and O–H groups in total. The summed E-state index contributed by atoms with van der Waals surface area (Å²) in [5.74, 6) is 0. The zero-order valence-corrected chi connectivity index (χ0v) is 9.42. The van der Waals surface area contributed by atoms with Gasteiger partial charge in [0, 0.05) is 12.2 Å². The minimum atomic E-state index is -4.40. The summed E-state index contributed by atoms with van der Waals surface area (Å²) in [5, 5.41) is 11.6. The van der Waals surface area contributed by atoms with E-state index in [1.54, 1.807) is 0 Å². The molecule has 0 unspecified atom stereocenters. The minimum absolute atomic E-state index is 0.00785. The highest BCUT2D eigenvalue weighted by Gasteiger charge is 2.40. The number of nitrogens with zero attached hydrogens (tertiary/aromatic N) is 1. The Morgan fingerprint density at radius 3 is 2.50 bits per heavy atom. The average Bonchev–Trinajstić information content (AvgIpc) is 2.27. The fourth-order valence-electron chi connectivity index (χ4n) is 1.70. The van der Waals surface area contributed by atoms with Crippen LogP contribution in [0.1, 0.15) is 5.56 Å². The van der Waals surface area contributed by atoms with E-state index in [0.29, 0.717) is 0 Å². The predicted octanol–water partition coefficient (Wildman–Crippen LogP) is 2.66. The number of nitriles is 1. The van der Waals surface area contributed by atoms with E-state index in [1.807, 2.05) is 0 Å². The van der Waals surface area contributed by atoms with Crippen LogP contribution in [0.15, 0.2) is 24.3 Å². The fourth-order valence-corrected chi connectivity index (χ4v) is 1.70. The Labute approximate surface area is 102 Å². The van der Waals surface area contributed by atoms with Crippen LogP contribution in [0.25, 0.3) is 0 Å². The standard InChI is InChI=1S/C12H11F3N2O/c13-12(14,15)9-3-1-2-4-10(9)17-6-11(5-16)7-18-8-11/h1-4,17H,6-8H2. The van der Waals surface area contributed by atoms with Crippen LogP contribution >= 0.6 is 0 Å². The molecular formula is C12H11F3N2O. The summed E-state index contributed by atoms with van der Waals surface area (Å²) in [5.41, 5.74) is -1.44. The molecule has 0 aliphatic carbocycles. The Bertz CT molecular complexity index is 475. The van der Waals surface area contributed by atoms with Crippen LogP contribution in [0.4, 0.5) is 18.9 Å². The third kappa shape index (κ3) is 2.41. The largest absolute Gasteiger partial charge is 0.418 e. The molecule has 0 spiro atoms. The topological polar surface area (TPSA) is 45.0 Å². The van der Waals surface area contributed by atoms with Crippen molar-refractivity contribution in [3.8, 4) is 6.07 Å². The minimum Gasteiger partial charge on any atom is -0.383 e. The van der Waals surface area contributed by atoms with Crippen molar-refractivity contribution < 1.29 is 17.9 Å². The van der Waals surface area contributed by atoms with Crippen LogP contribution in [0.3, 0.4) is 0 Å². The highest BCUT2D eigenvalue weighted by atomic mass is 19.4. The molecule has 0 bridgehead atoms. The lowest BCUT2D eigenvalue weighted by molar-refractivity contribution is -0.137. The molecule has 1 fully saturated rings. The molecule has 96 valence electrons. The molecule has 6 heteroatoms. The van der Waals surface area contributed by atoms with Gasteiger partial charge in [0.1, 0.15) is 5.41 Å². The normalized spacial score (nSPS) is 17.7. The molecule has 0 saturated carbocycles. The summed E-state index contributed by atoms with van der Waals surface area (Å²) in [7, 11) is 0. The van der Waals surface area contributed by atoms with E-state index in [9.17, 15) is 13.2 Å². The molecule has 0 amide bonds. The van der Waals surface area contributed by atoms with Gasteiger partial charge in [0.05, 0.1) is 24.8 Å². The Morgan fingerprint density at radius 2 is 2.00 bits per heavy atom. The lowest BCUT2D eigenvalue weighted by atomic mass is 9.88. The van der Waals surface area contributed by atoms with Gasteiger partial charge >= 0.3 is 6.18 Å². The maximum atomic E-state index is 12.7. The van der Waals surface area contributed by atoms with Crippen molar-refractivity contribution >= 4 is 5.69 Å². The first-order valence-corrected chi connectivity index (χ1v) is 5.36. The van der Waals surface area contributed by atoms with Crippen molar-refractivity contribution in [2.75, 3.05) is 25.1 Å². The van der Waals surface area contributed by atoms with Crippen molar-refractivity contribution in [1.29, 1.82) is 5.26 Å². The quantitative estimate of drug-likeness (QED) is 0.904. The molecule has 0 radical (unpaired) electrons. The van der Waals surface area contributed by atoms with Gasteiger partial charge in [-0.05, 0) is 12.1 Å². The number of rotatable bonds is 3. The van der Waals surface area contributed by atoms with Gasteiger partial charge < -0.3 is 10.1 Å². The number of benzene rings is 1. The Morgan fingerprint density at radius 1 is 1.33 bits per heavy atom. The van der Waals surface area contributed by atoms with Crippen LogP contribution in [0, 0.1) is 16.7 Å². The van der Waals surface area contributed by atoms with Crippen LogP contribution < -0.4 is 5.32 Å². The number of ether oxygens (including phenoxy) is 1. The average molecular weight is 256 g/mol. The SMILES string of the molecule is N#CC1(CNc2ccccc2C(F)(F)F)COC1. The zero-order valence-electron chi connectivity index (χ0n) is 9.42. The van der Waals surface area contributed by atoms with Gasteiger partial charge in [-0.25, -0.2) is 0 Å². The molecule has 1 aromatic rings. The van der Waals surface area contributed by atoms with Gasteiger partial charge in [-0.3, -0.25) is 0 Å². The first-order valence-electron chi connectivity index (χ1n) is 5.36. The van der Waals surface area contributed by atoms with Gasteiger partial charge in [0.25, 0.3) is 0 Å². The summed E-state index contributed by atoms with van der Waals surface area (Å²) in [6.07, 6.45) is -4.40. The lowest BCUT2D eigenvalue weighted by Gasteiger charge is -2.35. The molecule has 1 aromatic carbocycles. The van der Waals surface area contributed by atoms with Crippen molar-refractivity contribution in [2.45, 2.75) is 6.18 Å². The number of para-hydroxylation sites is 1. The first-order chi connectivity index (χ1) is 8.47. The monoisotopic (exact) mass is 256 g/mol. The van der Waals surface area contributed by atoms with E-state index < -0.39 is 17.2 Å². The summed E-state index contributed by atoms with van der Waals surface area (Å²) in [6, 6.07) is 7.30. The number of alkyl halides is 3. The van der Waals surface area contributed by atoms with E-state index >= 15 is 0 Å². The van der Waals surface area contributed by atoms with Gasteiger partial charge in [0.15, 0.2) is 0 Å². The number of hydrogen-bond acceptors (Lipinski definition) is 3. The zero-order chi connectivity index (χ0) is 13.2. The smallest absolute Gasteiger partial charge is 0.383 e. The Hall–Kier alpha value is -1.74. The van der Waals surface area contributed by atoms with Crippen LogP contribution in [0.2, 0.25) is 0 Å². The van der Waals surface area contributed by atoms with Gasteiger partial charge in [-0.15, -0.1) is 0 Å². The number of hydrogen-bond donors (Lipinski definition) is 1. The third-order valence-electron chi connectivity index (χ3n) is 2.84. The van der Waals surface area contributed by atoms with Gasteiger partial charge in [0.2, 0.25) is 0 Å². The molecule has 0 atom stereocenters. The van der Waals surface area contributed by atoms with E-state index in [1.165, 1.54) is 18.2 Å². The molecular weight excluding hydrogens is 245 g/mol. The molecule has 1 aliphatic rings. The fraction of sp³-hybridized carbons (Fsp3) is 0.417. The van der Waals surface area contributed by atoms with Gasteiger partial charge in [-0.2, -0.15) is 18.4 Å². The molecule has 3 nitrogen and oxygen atoms in total. The second kappa shape index (κ2) is 4.50. The van der Waals surface area contributed by atoms with Crippen molar-refractivity contribution in [3.63, 3.8) is 0 Å². The number of anilines is 1. The highest BCUT2D eigenvalue weighted by Crippen LogP contribution is 2.35. The molecule has 18 heavy (non-hydrogen) atoms. The number of nitrogens with one attached hydrogen (secondary N) is 1. The number of halogens is 3. The lowest BCUT2D eigenvalue weighted by Crippen LogP contribution is -2.46. The van der Waals surface area contributed by atoms with E-state index in [-0.39, 0.29) is 25.4 Å². The second-order valence-electron chi connectivity index (χ2n) is 4.28. The molecule has 1 heterocycles. The van der Waals surface area contributed by atoms with E-state index in [4.69, 9.17) is 10.00 Å². The van der Waals surface area contributed by atoms with Crippen LogP contribution in [0.5, 0.6) is 0 Å². The van der Waals surface area contributed by atoms with Crippen molar-refractivity contribution in [3.05, 3.63) is 29.8 Å². The van der Waals surface area contributed by atoms with E-state index in [2.05, 4.69) is 11.4 Å². The van der Waals surface area contributed by atoms with Crippen LogP contribution in [-0.2, 0) is 10.9 Å². The van der Waals surface area contributed by atoms with Crippen LogP contribution in [-0.4, -0.2) is 19.8 Å². The Balaban J connectivity index is 2.13. The second-order valence-corrected chi connectivity index (χ2v) is 4.28. The predicted molar refractivity (Wildman–Crippen MR) is 58.8 cm³/mol. The highest BCUT2D eigenvalue weighted by molar-refractivity contribution is 5.53. The summed E-state index contributed by atoms with van der Waals surface area (Å²) in [6.45, 7) is 0.659. The molecule has 0 aromatic heterocycles. The molecule has 1 aliphatic heterocycles. The van der Waals surface area contributed by atoms with Crippen molar-refractivity contribution in [2.24, 2.45) is 5.41 Å². The maximum absolute atomic E-state index is 12.7. The molecule has 2 rings (SSSR count). The summed E-state index contributed by atoms with van der Waals surface area (Å²) >= 11 is 0. The molecule has 1 saturated heterocycles. The van der Waals surface area contributed by atoms with E-state index in [0.717, 1.165) is 6.07 Å². The Kier molecular flexibility index (Phi) is 3.18. The summed E-state index contributed by atoms with van der Waals surface area (Å²) in [4.78, 5) is 0. The first kappa shape index (κ1) is 12.7. The van der Waals surface area contributed by atoms with Crippen molar-refractivity contribution in [1.82, 2.24) is 0 Å². The summed E-state index contributed by atoms with van der Waals surface area (Å²) < 4.78 is 43.1. The third-order valence-corrected chi connectivity index (χ3v) is 2.84. The van der Waals surface area contributed by atoms with Gasteiger partial charge in [-0.1, -0.05) is 12.1 Å². The maximum Gasteiger partial charge on any atom is 0.418 e.